The van der Waals surface area contributed by atoms with Crippen molar-refractivity contribution >= 4 is 23.6 Å². The highest BCUT2D eigenvalue weighted by atomic mass is 32.2. The second-order valence-corrected chi connectivity index (χ2v) is 7.53. The highest BCUT2D eigenvalue weighted by Crippen LogP contribution is 2.58. The van der Waals surface area contributed by atoms with Crippen molar-refractivity contribution in [3.8, 4) is 11.5 Å². The minimum absolute atomic E-state index is 0.307. The Morgan fingerprint density at radius 2 is 2.00 bits per heavy atom. The zero-order chi connectivity index (χ0) is 16.2. The van der Waals surface area contributed by atoms with Crippen LogP contribution in [0, 0.1) is 0 Å². The Bertz CT molecular complexity index is 672. The number of ether oxygens (including phenoxy) is 2. The Hall–Kier alpha value is -1.89. The number of carboxylic acids is 1. The molecule has 0 unspecified atom stereocenters. The number of aliphatic carboxylic acids is 1. The molecule has 0 bridgehead atoms. The first-order chi connectivity index (χ1) is 10.3. The maximum Gasteiger partial charge on any atom is 0.327 e. The molecule has 1 aromatic rings. The number of nitrogens with zero attached hydrogens (tertiary/aromatic N) is 1. The van der Waals surface area contributed by atoms with E-state index in [2.05, 4.69) is 0 Å². The summed E-state index contributed by atoms with van der Waals surface area (Å²) in [5.41, 5.74) is 1.19. The average molecular weight is 323 g/mol. The molecule has 0 aliphatic carbocycles. The largest absolute Gasteiger partial charge is 0.493 e. The predicted octanol–water partition coefficient (Wildman–Crippen LogP) is 2.14. The van der Waals surface area contributed by atoms with Crippen LogP contribution in [0.3, 0.4) is 0 Å². The van der Waals surface area contributed by atoms with Crippen LogP contribution >= 0.6 is 11.8 Å². The van der Waals surface area contributed by atoms with Crippen molar-refractivity contribution < 1.29 is 24.2 Å². The molecule has 0 aromatic heterocycles. The number of methoxy groups -OCH3 is 2. The molecule has 2 aliphatic heterocycles. The number of rotatable bonds is 3. The highest BCUT2D eigenvalue weighted by Gasteiger charge is 2.58. The van der Waals surface area contributed by atoms with Gasteiger partial charge in [0.05, 0.1) is 19.8 Å². The van der Waals surface area contributed by atoms with Gasteiger partial charge in [0.1, 0.15) is 11.4 Å². The molecule has 0 radical (unpaired) electrons. The fraction of sp³-hybridized carbons (Fsp3) is 0.467. The first-order valence-electron chi connectivity index (χ1n) is 6.81. The summed E-state index contributed by atoms with van der Waals surface area (Å²) in [6.07, 6.45) is 0. The fourth-order valence-electron chi connectivity index (χ4n) is 3.23. The van der Waals surface area contributed by atoms with Crippen LogP contribution in [0.25, 0.3) is 0 Å². The number of carbonyl (C=O) groups excluding carboxylic acids is 1. The van der Waals surface area contributed by atoms with Gasteiger partial charge >= 0.3 is 5.97 Å². The van der Waals surface area contributed by atoms with Gasteiger partial charge in [0.2, 0.25) is 0 Å². The summed E-state index contributed by atoms with van der Waals surface area (Å²) in [5.74, 6) is -0.484. The minimum Gasteiger partial charge on any atom is -0.493 e. The van der Waals surface area contributed by atoms with Gasteiger partial charge in [-0.3, -0.25) is 4.79 Å². The summed E-state index contributed by atoms with van der Waals surface area (Å²) in [6, 6.07) is 2.68. The normalized spacial score (nSPS) is 24.9. The highest BCUT2D eigenvalue weighted by molar-refractivity contribution is 8.01. The van der Waals surface area contributed by atoms with Crippen molar-refractivity contribution in [3.05, 3.63) is 23.3 Å². The lowest BCUT2D eigenvalue weighted by molar-refractivity contribution is -0.142. The van der Waals surface area contributed by atoms with Gasteiger partial charge < -0.3 is 19.5 Å². The molecule has 2 heterocycles. The van der Waals surface area contributed by atoms with Crippen LogP contribution in [0.2, 0.25) is 0 Å². The molecular formula is C15H17NO5S. The van der Waals surface area contributed by atoms with E-state index in [0.717, 1.165) is 5.56 Å². The first kappa shape index (κ1) is 15.0. The third kappa shape index (κ3) is 1.81. The first-order valence-corrected chi connectivity index (χ1v) is 7.69. The summed E-state index contributed by atoms with van der Waals surface area (Å²) >= 11 is 1.48. The molecule has 22 heavy (non-hydrogen) atoms. The Labute approximate surface area is 132 Å². The standard InChI is InChI=1S/C15H17NO5S/c1-15(2)11(14(18)19)16-12(17)9-7(13(16)22-15)5-6-8(20-3)10(9)21-4/h5-6,11,13H,1-4H3,(H,18,19)/t11-,13-/m1/s1. The lowest BCUT2D eigenvalue weighted by atomic mass is 10.0. The van der Waals surface area contributed by atoms with Gasteiger partial charge in [0.15, 0.2) is 11.5 Å². The zero-order valence-electron chi connectivity index (χ0n) is 12.7. The van der Waals surface area contributed by atoms with E-state index in [1.54, 1.807) is 6.07 Å². The van der Waals surface area contributed by atoms with Gasteiger partial charge in [-0.05, 0) is 19.9 Å². The van der Waals surface area contributed by atoms with E-state index < -0.39 is 16.8 Å². The van der Waals surface area contributed by atoms with Gasteiger partial charge in [0.25, 0.3) is 5.91 Å². The van der Waals surface area contributed by atoms with Crippen molar-refractivity contribution in [1.82, 2.24) is 4.90 Å². The zero-order valence-corrected chi connectivity index (χ0v) is 13.6. The van der Waals surface area contributed by atoms with Crippen LogP contribution in [0.5, 0.6) is 11.5 Å². The van der Waals surface area contributed by atoms with Crippen LogP contribution in [-0.4, -0.2) is 46.9 Å². The smallest absolute Gasteiger partial charge is 0.327 e. The summed E-state index contributed by atoms with van der Waals surface area (Å²) in [7, 11) is 2.98. The van der Waals surface area contributed by atoms with Crippen molar-refractivity contribution in [2.75, 3.05) is 14.2 Å². The number of benzene rings is 1. The van der Waals surface area contributed by atoms with Gasteiger partial charge in [-0.2, -0.15) is 0 Å². The number of hydrogen-bond acceptors (Lipinski definition) is 5. The number of hydrogen-bond donors (Lipinski definition) is 1. The van der Waals surface area contributed by atoms with Crippen LogP contribution in [0.15, 0.2) is 12.1 Å². The van der Waals surface area contributed by atoms with E-state index in [-0.39, 0.29) is 11.3 Å². The van der Waals surface area contributed by atoms with Crippen LogP contribution < -0.4 is 9.47 Å². The molecule has 0 saturated carbocycles. The van der Waals surface area contributed by atoms with E-state index >= 15 is 0 Å². The Morgan fingerprint density at radius 3 is 2.55 bits per heavy atom. The second kappa shape index (κ2) is 4.81. The van der Waals surface area contributed by atoms with E-state index in [0.29, 0.717) is 17.1 Å². The van der Waals surface area contributed by atoms with Gasteiger partial charge in [-0.25, -0.2) is 4.79 Å². The quantitative estimate of drug-likeness (QED) is 0.918. The molecule has 1 fully saturated rings. The minimum atomic E-state index is -0.993. The molecule has 2 atom stereocenters. The van der Waals surface area contributed by atoms with E-state index in [4.69, 9.17) is 9.47 Å². The molecule has 3 rings (SSSR count). The topological polar surface area (TPSA) is 76.1 Å². The third-order valence-corrected chi connectivity index (χ3v) is 5.67. The lowest BCUT2D eigenvalue weighted by Gasteiger charge is -2.26. The van der Waals surface area contributed by atoms with Crippen LogP contribution in [-0.2, 0) is 4.79 Å². The number of amides is 1. The SMILES string of the molecule is COc1ccc2c(c1OC)C(=O)N1[C@@H]2SC(C)(C)[C@H]1C(=O)O. The van der Waals surface area contributed by atoms with E-state index in [9.17, 15) is 14.7 Å². The summed E-state index contributed by atoms with van der Waals surface area (Å²) in [4.78, 5) is 26.0. The molecule has 1 saturated heterocycles. The van der Waals surface area contributed by atoms with Crippen molar-refractivity contribution in [2.24, 2.45) is 0 Å². The molecule has 118 valence electrons. The van der Waals surface area contributed by atoms with Crippen molar-refractivity contribution in [2.45, 2.75) is 30.0 Å². The fourth-order valence-corrected chi connectivity index (χ4v) is 4.80. The van der Waals surface area contributed by atoms with Crippen LogP contribution in [0.4, 0.5) is 0 Å². The van der Waals surface area contributed by atoms with E-state index in [1.807, 2.05) is 19.9 Å². The number of fused-ring (bicyclic) bond motifs is 3. The number of carbonyl (C=O) groups is 2. The Kier molecular flexibility index (Phi) is 3.28. The monoisotopic (exact) mass is 323 g/mol. The maximum atomic E-state index is 12.8. The summed E-state index contributed by atoms with van der Waals surface area (Å²) in [6.45, 7) is 3.70. The average Bonchev–Trinajstić information content (AvgIpc) is 2.88. The molecule has 6 nitrogen and oxygen atoms in total. The number of thioether (sulfide) groups is 1. The van der Waals surface area contributed by atoms with Gasteiger partial charge in [-0.1, -0.05) is 6.07 Å². The summed E-state index contributed by atoms with van der Waals surface area (Å²) < 4.78 is 10.0. The molecule has 1 aromatic carbocycles. The molecule has 1 amide bonds. The molecule has 2 aliphatic rings. The second-order valence-electron chi connectivity index (χ2n) is 5.79. The van der Waals surface area contributed by atoms with Gasteiger partial charge in [-0.15, -0.1) is 11.8 Å². The molecule has 1 N–H and O–H groups in total. The Morgan fingerprint density at radius 1 is 1.32 bits per heavy atom. The Balaban J connectivity index is 2.17. The van der Waals surface area contributed by atoms with Crippen LogP contribution in [0.1, 0.15) is 35.1 Å². The molecule has 7 heteroatoms. The lowest BCUT2D eigenvalue weighted by Crippen LogP contribution is -2.47. The van der Waals surface area contributed by atoms with Crippen molar-refractivity contribution in [3.63, 3.8) is 0 Å². The van der Waals surface area contributed by atoms with Crippen molar-refractivity contribution in [1.29, 1.82) is 0 Å². The third-order valence-electron chi connectivity index (χ3n) is 4.13. The molecular weight excluding hydrogens is 306 g/mol. The number of carboxylic acid groups (broad SMARTS) is 1. The van der Waals surface area contributed by atoms with Gasteiger partial charge in [0, 0.05) is 10.3 Å². The predicted molar refractivity (Wildman–Crippen MR) is 81.6 cm³/mol. The molecule has 0 spiro atoms. The maximum absolute atomic E-state index is 12.8. The van der Waals surface area contributed by atoms with E-state index in [1.165, 1.54) is 30.9 Å². The summed E-state index contributed by atoms with van der Waals surface area (Å²) in [5, 5.41) is 9.25.